The van der Waals surface area contributed by atoms with E-state index in [1.54, 1.807) is 15.5 Å². The number of pyridine rings is 1. The number of aromatic nitrogens is 3. The highest BCUT2D eigenvalue weighted by molar-refractivity contribution is 5.94. The second kappa shape index (κ2) is 10.9. The lowest BCUT2D eigenvalue weighted by Gasteiger charge is -2.36. The van der Waals surface area contributed by atoms with Crippen LogP contribution in [0.2, 0.25) is 0 Å². The number of carbonyl (C=O) groups is 2. The molecule has 2 aromatic rings. The summed E-state index contributed by atoms with van der Waals surface area (Å²) in [5.74, 6) is -0.539. The van der Waals surface area contributed by atoms with Crippen LogP contribution in [0.25, 0.3) is 0 Å². The smallest absolute Gasteiger partial charge is 0.299 e. The maximum absolute atomic E-state index is 13.5. The van der Waals surface area contributed by atoms with Gasteiger partial charge in [-0.3, -0.25) is 14.5 Å². The van der Waals surface area contributed by atoms with Gasteiger partial charge in [-0.25, -0.2) is 9.98 Å². The van der Waals surface area contributed by atoms with Crippen molar-refractivity contribution in [3.05, 3.63) is 45.7 Å². The van der Waals surface area contributed by atoms with Crippen LogP contribution in [-0.2, 0) is 17.8 Å². The van der Waals surface area contributed by atoms with Crippen molar-refractivity contribution in [2.24, 2.45) is 10.1 Å². The van der Waals surface area contributed by atoms with Gasteiger partial charge < -0.3 is 24.3 Å². The van der Waals surface area contributed by atoms with Gasteiger partial charge in [0, 0.05) is 39.1 Å². The second-order valence-electron chi connectivity index (χ2n) is 8.01. The molecule has 0 saturated carbocycles. The highest BCUT2D eigenvalue weighted by atomic mass is 16.3. The Hall–Kier alpha value is -3.80. The number of anilines is 1. The summed E-state index contributed by atoms with van der Waals surface area (Å²) in [5, 5.41) is 13.9. The second-order valence-corrected chi connectivity index (χ2v) is 8.01. The van der Waals surface area contributed by atoms with Crippen LogP contribution in [0.4, 0.5) is 5.69 Å². The predicted molar refractivity (Wildman–Crippen MR) is 127 cm³/mol. The molecule has 0 aromatic carbocycles. The van der Waals surface area contributed by atoms with E-state index in [1.807, 2.05) is 30.8 Å². The van der Waals surface area contributed by atoms with Gasteiger partial charge in [0.25, 0.3) is 11.5 Å². The maximum Gasteiger partial charge on any atom is 0.299 e. The molecule has 3 heterocycles. The number of aromatic hydroxyl groups is 1. The average molecular weight is 471 g/mol. The van der Waals surface area contributed by atoms with Crippen LogP contribution in [-0.4, -0.2) is 95.0 Å². The Morgan fingerprint density at radius 3 is 2.56 bits per heavy atom. The average Bonchev–Trinajstić information content (AvgIpc) is 2.83. The van der Waals surface area contributed by atoms with E-state index in [4.69, 9.17) is 0 Å². The third-order valence-corrected chi connectivity index (χ3v) is 5.53. The first-order valence-electron chi connectivity index (χ1n) is 11.0. The molecule has 1 N–H and O–H groups in total. The quantitative estimate of drug-likeness (QED) is 0.401. The van der Waals surface area contributed by atoms with Crippen LogP contribution >= 0.6 is 0 Å². The zero-order valence-corrected chi connectivity index (χ0v) is 19.7. The van der Waals surface area contributed by atoms with Crippen molar-refractivity contribution in [2.75, 3.05) is 51.8 Å². The van der Waals surface area contributed by atoms with E-state index in [-0.39, 0.29) is 35.1 Å². The fourth-order valence-electron chi connectivity index (χ4n) is 3.95. The van der Waals surface area contributed by atoms with Gasteiger partial charge in [-0.1, -0.05) is 6.92 Å². The predicted octanol–water partition coefficient (Wildman–Crippen LogP) is -0.642. The number of piperazine rings is 1. The zero-order valence-electron chi connectivity index (χ0n) is 19.7. The zero-order chi connectivity index (χ0) is 24.8. The molecule has 0 aliphatic carbocycles. The summed E-state index contributed by atoms with van der Waals surface area (Å²) in [7, 11) is 3.69. The number of rotatable bonds is 8. The highest BCUT2D eigenvalue weighted by Gasteiger charge is 2.28. The molecule has 1 fully saturated rings. The van der Waals surface area contributed by atoms with E-state index in [2.05, 4.69) is 21.8 Å². The Bertz CT molecular complexity index is 1190. The molecule has 0 spiro atoms. The van der Waals surface area contributed by atoms with Crippen molar-refractivity contribution >= 4 is 24.6 Å². The Morgan fingerprint density at radius 2 is 2.00 bits per heavy atom. The van der Waals surface area contributed by atoms with Gasteiger partial charge in [0.1, 0.15) is 17.7 Å². The minimum atomic E-state index is -0.381. The van der Waals surface area contributed by atoms with E-state index >= 15 is 0 Å². The molecule has 2 aromatic heterocycles. The molecule has 3 rings (SSSR count). The molecule has 1 aliphatic rings. The molecular weight excluding hydrogens is 440 g/mol. The molecule has 182 valence electrons. The number of aldehydes is 1. The first kappa shape index (κ1) is 24.8. The summed E-state index contributed by atoms with van der Waals surface area (Å²) in [6.07, 6.45) is 2.70. The Labute approximate surface area is 197 Å². The molecule has 0 unspecified atom stereocenters. The lowest BCUT2D eigenvalue weighted by Crippen LogP contribution is -2.52. The Morgan fingerprint density at radius 1 is 1.29 bits per heavy atom. The number of hydrogen-bond donors (Lipinski definition) is 1. The standard InChI is InChI=1S/C22H30N8O4/c1-5-16-19(21(34)30(23-2)22(25-15-26(3)4)29(16)13-14-31)27-9-11-28(12-10-27)20(33)18-17(32)7-6-8-24-18/h6-8,14,32H,2,5,9-13,15H2,1,3-4H3/b25-22-. The van der Waals surface area contributed by atoms with Gasteiger partial charge in [0.15, 0.2) is 5.69 Å². The number of hydrogen-bond acceptors (Lipinski definition) is 9. The first-order valence-corrected chi connectivity index (χ1v) is 11.0. The third-order valence-electron chi connectivity index (χ3n) is 5.53. The Kier molecular flexibility index (Phi) is 7.95. The topological polar surface area (TPSA) is 129 Å². The van der Waals surface area contributed by atoms with Crippen molar-refractivity contribution in [2.45, 2.75) is 19.9 Å². The van der Waals surface area contributed by atoms with Crippen molar-refractivity contribution in [3.63, 3.8) is 0 Å². The van der Waals surface area contributed by atoms with Crippen molar-refractivity contribution < 1.29 is 14.7 Å². The van der Waals surface area contributed by atoms with Gasteiger partial charge in [-0.2, -0.15) is 9.78 Å². The van der Waals surface area contributed by atoms with Gasteiger partial charge in [-0.15, -0.1) is 0 Å². The van der Waals surface area contributed by atoms with Gasteiger partial charge in [-0.05, 0) is 32.6 Å². The van der Waals surface area contributed by atoms with Gasteiger partial charge >= 0.3 is 0 Å². The van der Waals surface area contributed by atoms with Crippen LogP contribution in [0.1, 0.15) is 23.1 Å². The maximum atomic E-state index is 13.5. The molecule has 12 nitrogen and oxygen atoms in total. The normalized spacial score (nSPS) is 14.5. The lowest BCUT2D eigenvalue weighted by atomic mass is 10.2. The molecule has 1 saturated heterocycles. The van der Waals surface area contributed by atoms with Crippen LogP contribution in [0, 0.1) is 0 Å². The number of carbonyl (C=O) groups excluding carboxylic acids is 2. The summed E-state index contributed by atoms with van der Waals surface area (Å²) in [4.78, 5) is 51.6. The SMILES string of the molecule is C=Nn1c(=O)c(N2CCN(C(=O)c3ncccc3O)CC2)c(CC)n(CC=O)/c1=N/CN(C)C. The molecule has 0 bridgehead atoms. The summed E-state index contributed by atoms with van der Waals surface area (Å²) in [6, 6.07) is 2.97. The van der Waals surface area contributed by atoms with E-state index in [9.17, 15) is 19.5 Å². The highest BCUT2D eigenvalue weighted by Crippen LogP contribution is 2.20. The fourth-order valence-corrected chi connectivity index (χ4v) is 3.95. The molecule has 1 aliphatic heterocycles. The molecule has 12 heteroatoms. The lowest BCUT2D eigenvalue weighted by molar-refractivity contribution is -0.108. The number of nitrogens with zero attached hydrogens (tertiary/aromatic N) is 8. The minimum Gasteiger partial charge on any atom is -0.505 e. The van der Waals surface area contributed by atoms with Crippen LogP contribution in [0.3, 0.4) is 0 Å². The molecule has 1 amide bonds. The molecule has 34 heavy (non-hydrogen) atoms. The summed E-state index contributed by atoms with van der Waals surface area (Å²) in [6.45, 7) is 7.19. The van der Waals surface area contributed by atoms with Crippen molar-refractivity contribution in [3.8, 4) is 5.75 Å². The van der Waals surface area contributed by atoms with Gasteiger partial charge in [0.2, 0.25) is 5.62 Å². The summed E-state index contributed by atoms with van der Waals surface area (Å²) >= 11 is 0. The largest absolute Gasteiger partial charge is 0.505 e. The Balaban J connectivity index is 2.00. The fraction of sp³-hybridized carbons (Fsp3) is 0.455. The first-order chi connectivity index (χ1) is 16.3. The molecular formula is C22H30N8O4. The monoisotopic (exact) mass is 470 g/mol. The minimum absolute atomic E-state index is 0.000841. The van der Waals surface area contributed by atoms with Crippen LogP contribution in [0.5, 0.6) is 5.75 Å². The van der Waals surface area contributed by atoms with E-state index < -0.39 is 0 Å². The van der Waals surface area contributed by atoms with E-state index in [0.717, 1.165) is 11.0 Å². The van der Waals surface area contributed by atoms with Crippen molar-refractivity contribution in [1.82, 2.24) is 24.0 Å². The summed E-state index contributed by atoms with van der Waals surface area (Å²) in [5.41, 5.74) is 0.943. The van der Waals surface area contributed by atoms with E-state index in [1.165, 1.54) is 12.3 Å². The van der Waals surface area contributed by atoms with Gasteiger partial charge in [0.05, 0.1) is 18.9 Å². The third kappa shape index (κ3) is 4.91. The molecule has 0 atom stereocenters. The van der Waals surface area contributed by atoms with Crippen molar-refractivity contribution in [1.29, 1.82) is 0 Å². The molecule has 0 radical (unpaired) electrons. The number of amides is 1. The summed E-state index contributed by atoms with van der Waals surface area (Å²) < 4.78 is 2.80. The van der Waals surface area contributed by atoms with E-state index in [0.29, 0.717) is 50.6 Å². The van der Waals surface area contributed by atoms with Crippen LogP contribution < -0.4 is 16.1 Å². The van der Waals surface area contributed by atoms with Crippen LogP contribution in [0.15, 0.2) is 33.2 Å².